The van der Waals surface area contributed by atoms with Crippen molar-refractivity contribution in [2.45, 2.75) is 17.2 Å². The molecule has 0 spiro atoms. The van der Waals surface area contributed by atoms with Crippen molar-refractivity contribution in [3.05, 3.63) is 172 Å². The molecule has 0 unspecified atom stereocenters. The third kappa shape index (κ3) is 3.68. The Morgan fingerprint density at radius 2 is 1.14 bits per heavy atom. The smallest absolute Gasteiger partial charge is 0.233 e. The van der Waals surface area contributed by atoms with Crippen LogP contribution in [0.2, 0.25) is 0 Å². The molecular weight excluding hydrogens is 614 g/mol. The van der Waals surface area contributed by atoms with E-state index in [0.717, 1.165) is 26.4 Å². The van der Waals surface area contributed by atoms with Gasteiger partial charge in [-0.1, -0.05) is 119 Å². The van der Waals surface area contributed by atoms with Crippen LogP contribution >= 0.6 is 15.9 Å². The van der Waals surface area contributed by atoms with E-state index < -0.39 is 15.4 Å². The summed E-state index contributed by atoms with van der Waals surface area (Å²) < 4.78 is 30.8. The Morgan fingerprint density at radius 1 is 0.581 bits per heavy atom. The molecule has 43 heavy (non-hydrogen) atoms. The molecule has 3 nitrogen and oxygen atoms in total. The molecule has 6 aromatic carbocycles. The van der Waals surface area contributed by atoms with E-state index in [0.29, 0.717) is 11.0 Å². The molecule has 1 heterocycles. The molecule has 0 bridgehead atoms. The van der Waals surface area contributed by atoms with Crippen molar-refractivity contribution in [2.24, 2.45) is 0 Å². The second-order valence-electron chi connectivity index (χ2n) is 11.2. The summed E-state index contributed by atoms with van der Waals surface area (Å²) in [4.78, 5) is 0.267. The minimum absolute atomic E-state index is 0.267. The molecule has 0 radical (unpaired) electrons. The summed E-state index contributed by atoms with van der Waals surface area (Å²) in [6.45, 7) is 1.96. The van der Waals surface area contributed by atoms with Gasteiger partial charge in [0.2, 0.25) is 0 Å². The maximum absolute atomic E-state index is 14.2. The Bertz CT molecular complexity index is 2280. The monoisotopic (exact) mass is 639 g/mol. The van der Waals surface area contributed by atoms with Crippen LogP contribution in [-0.2, 0) is 15.4 Å². The lowest BCUT2D eigenvalue weighted by atomic mass is 9.67. The van der Waals surface area contributed by atoms with Crippen molar-refractivity contribution >= 4 is 47.8 Å². The summed E-state index contributed by atoms with van der Waals surface area (Å²) in [6, 6.07) is 47.1. The van der Waals surface area contributed by atoms with Crippen molar-refractivity contribution in [2.75, 3.05) is 0 Å². The highest BCUT2D eigenvalue weighted by molar-refractivity contribution is 9.10. The molecule has 8 rings (SSSR count). The van der Waals surface area contributed by atoms with E-state index in [1.54, 1.807) is 12.1 Å². The van der Waals surface area contributed by atoms with Gasteiger partial charge in [0.15, 0.2) is 0 Å². The third-order valence-corrected chi connectivity index (χ3v) is 11.1. The van der Waals surface area contributed by atoms with Gasteiger partial charge in [-0.2, -0.15) is 0 Å². The lowest BCUT2D eigenvalue weighted by Crippen LogP contribution is -2.28. The van der Waals surface area contributed by atoms with Crippen LogP contribution < -0.4 is 0 Å². The summed E-state index contributed by atoms with van der Waals surface area (Å²) in [5.74, 6) is 0. The van der Waals surface area contributed by atoms with Gasteiger partial charge in [0.25, 0.3) is 10.0 Å². The zero-order valence-corrected chi connectivity index (χ0v) is 25.7. The number of halogens is 1. The van der Waals surface area contributed by atoms with E-state index in [4.69, 9.17) is 0 Å². The first-order valence-electron chi connectivity index (χ1n) is 14.2. The van der Waals surface area contributed by atoms with Gasteiger partial charge in [-0.05, 0) is 82.8 Å². The molecule has 0 saturated carbocycles. The van der Waals surface area contributed by atoms with E-state index in [1.807, 2.05) is 49.4 Å². The van der Waals surface area contributed by atoms with Gasteiger partial charge in [-0.3, -0.25) is 0 Å². The van der Waals surface area contributed by atoms with Crippen LogP contribution in [0.1, 0.15) is 27.8 Å². The van der Waals surface area contributed by atoms with E-state index >= 15 is 0 Å². The van der Waals surface area contributed by atoms with Crippen LogP contribution in [-0.4, -0.2) is 12.4 Å². The average Bonchev–Trinajstić information content (AvgIpc) is 3.52. The predicted molar refractivity (Wildman–Crippen MR) is 178 cm³/mol. The lowest BCUT2D eigenvalue weighted by molar-refractivity contribution is 0.590. The summed E-state index contributed by atoms with van der Waals surface area (Å²) in [5, 5.41) is 1.77. The van der Waals surface area contributed by atoms with E-state index in [2.05, 4.69) is 101 Å². The van der Waals surface area contributed by atoms with Crippen molar-refractivity contribution in [3.63, 3.8) is 0 Å². The van der Waals surface area contributed by atoms with E-state index in [-0.39, 0.29) is 4.90 Å². The zero-order valence-electron chi connectivity index (χ0n) is 23.3. The van der Waals surface area contributed by atoms with Gasteiger partial charge >= 0.3 is 0 Å². The fourth-order valence-electron chi connectivity index (χ4n) is 6.98. The highest BCUT2D eigenvalue weighted by Gasteiger charge is 2.46. The molecule has 1 aliphatic carbocycles. The number of hydrogen-bond acceptors (Lipinski definition) is 2. The highest BCUT2D eigenvalue weighted by atomic mass is 79.9. The number of nitrogens with zero attached hydrogens (tertiary/aromatic N) is 1. The zero-order chi connectivity index (χ0) is 29.3. The van der Waals surface area contributed by atoms with Gasteiger partial charge < -0.3 is 0 Å². The van der Waals surface area contributed by atoms with Crippen molar-refractivity contribution < 1.29 is 8.42 Å². The fraction of sp³-hybridized carbons (Fsp3) is 0.0526. The van der Waals surface area contributed by atoms with E-state index in [1.165, 1.54) is 31.8 Å². The van der Waals surface area contributed by atoms with Gasteiger partial charge in [-0.15, -0.1) is 0 Å². The number of fused-ring (bicyclic) bond motifs is 6. The molecule has 7 aromatic rings. The largest absolute Gasteiger partial charge is 0.268 e. The maximum Gasteiger partial charge on any atom is 0.268 e. The average molecular weight is 641 g/mol. The normalized spacial score (nSPS) is 13.7. The molecule has 0 atom stereocenters. The van der Waals surface area contributed by atoms with Crippen LogP contribution in [0.5, 0.6) is 0 Å². The van der Waals surface area contributed by atoms with Crippen molar-refractivity contribution in [1.82, 2.24) is 3.97 Å². The first-order chi connectivity index (χ1) is 20.9. The molecule has 0 saturated heterocycles. The number of rotatable bonds is 4. The third-order valence-electron chi connectivity index (χ3n) is 8.83. The highest BCUT2D eigenvalue weighted by Crippen LogP contribution is 2.56. The number of aromatic nitrogens is 1. The van der Waals surface area contributed by atoms with Crippen LogP contribution in [0.4, 0.5) is 0 Å². The molecule has 1 aliphatic rings. The molecule has 208 valence electrons. The summed E-state index contributed by atoms with van der Waals surface area (Å²) >= 11 is 3.65. The molecule has 0 aliphatic heterocycles. The Labute approximate surface area is 259 Å². The van der Waals surface area contributed by atoms with Crippen LogP contribution in [0.15, 0.2) is 149 Å². The maximum atomic E-state index is 14.2. The molecule has 0 amide bonds. The second-order valence-corrected chi connectivity index (χ2v) is 13.9. The summed E-state index contributed by atoms with van der Waals surface area (Å²) in [7, 11) is -3.87. The quantitative estimate of drug-likeness (QED) is 0.192. The van der Waals surface area contributed by atoms with Crippen molar-refractivity contribution in [1.29, 1.82) is 0 Å². The SMILES string of the molecule is Cc1ccc(S(=O)(=O)n2c3ccc(Br)cc3c3cc(C4(c5ccccc5)c5ccccc5-c5ccccc54)ccc32)cc1. The van der Waals surface area contributed by atoms with Crippen LogP contribution in [0.25, 0.3) is 32.9 Å². The molecular formula is C38H26BrNO2S. The van der Waals surface area contributed by atoms with Crippen LogP contribution in [0.3, 0.4) is 0 Å². The molecule has 5 heteroatoms. The second kappa shape index (κ2) is 9.53. The fourth-order valence-corrected chi connectivity index (χ4v) is 8.87. The number of aryl methyl sites for hydroxylation is 1. The standard InChI is InChI=1S/C38H26BrNO2S/c1-25-15-19-29(20-16-25)43(41,42)40-36-21-17-27(23-32(36)33-24-28(39)18-22-37(33)40)38(26-9-3-2-4-10-26)34-13-7-5-11-30(34)31-12-6-8-14-35(31)38/h2-24H,1H3. The molecule has 0 fully saturated rings. The topological polar surface area (TPSA) is 39.1 Å². The van der Waals surface area contributed by atoms with Gasteiger partial charge in [0, 0.05) is 15.2 Å². The Morgan fingerprint density at radius 3 is 1.79 bits per heavy atom. The van der Waals surface area contributed by atoms with Gasteiger partial charge in [0.1, 0.15) is 0 Å². The number of benzene rings is 6. The Kier molecular flexibility index (Phi) is 5.81. The first-order valence-corrected chi connectivity index (χ1v) is 16.5. The Balaban J connectivity index is 1.49. The lowest BCUT2D eigenvalue weighted by Gasteiger charge is -2.34. The molecule has 1 aromatic heterocycles. The predicted octanol–water partition coefficient (Wildman–Crippen LogP) is 9.47. The van der Waals surface area contributed by atoms with Crippen molar-refractivity contribution in [3.8, 4) is 11.1 Å². The first kappa shape index (κ1) is 26.2. The minimum atomic E-state index is -3.87. The number of hydrogen-bond donors (Lipinski definition) is 0. The summed E-state index contributed by atoms with van der Waals surface area (Å²) in [5.41, 5.74) is 8.88. The van der Waals surface area contributed by atoms with Gasteiger partial charge in [0.05, 0.1) is 21.3 Å². The summed E-state index contributed by atoms with van der Waals surface area (Å²) in [6.07, 6.45) is 0. The minimum Gasteiger partial charge on any atom is -0.233 e. The van der Waals surface area contributed by atoms with E-state index in [9.17, 15) is 8.42 Å². The van der Waals surface area contributed by atoms with Gasteiger partial charge in [-0.25, -0.2) is 12.4 Å². The molecule has 0 N–H and O–H groups in total. The van der Waals surface area contributed by atoms with Crippen LogP contribution in [0, 0.1) is 6.92 Å². The Hall–Kier alpha value is -4.45.